The van der Waals surface area contributed by atoms with E-state index in [2.05, 4.69) is 0 Å². The summed E-state index contributed by atoms with van der Waals surface area (Å²) in [7, 11) is 3.32. The topological polar surface area (TPSA) is 69.0 Å². The number of esters is 1. The van der Waals surface area contributed by atoms with Gasteiger partial charge in [-0.3, -0.25) is 4.79 Å². The molecule has 0 saturated carbocycles. The summed E-state index contributed by atoms with van der Waals surface area (Å²) in [5.74, 6) is 0.180. The van der Waals surface area contributed by atoms with Crippen LogP contribution in [0, 0.1) is 0 Å². The summed E-state index contributed by atoms with van der Waals surface area (Å²) in [6.07, 6.45) is 0. The highest BCUT2D eigenvalue weighted by Gasteiger charge is 2.20. The predicted molar refractivity (Wildman–Crippen MR) is 93.8 cm³/mol. The molecule has 1 atom stereocenters. The molecule has 24 heavy (non-hydrogen) atoms. The van der Waals surface area contributed by atoms with Gasteiger partial charge in [0.2, 0.25) is 0 Å². The van der Waals surface area contributed by atoms with Crippen molar-refractivity contribution in [3.63, 3.8) is 0 Å². The number of carbonyl (C=O) groups is 1. The highest BCUT2D eigenvalue weighted by Crippen LogP contribution is 2.28. The Morgan fingerprint density at radius 1 is 1.29 bits per heavy atom. The third-order valence-corrected chi connectivity index (χ3v) is 4.21. The molecular formula is C17H20BNO5. The minimum Gasteiger partial charge on any atom is -0.465 e. The first-order valence-electron chi connectivity index (χ1n) is 8.04. The van der Waals surface area contributed by atoms with E-state index in [9.17, 15) is 9.59 Å². The van der Waals surface area contributed by atoms with Gasteiger partial charge in [0.25, 0.3) is 0 Å². The van der Waals surface area contributed by atoms with Crippen LogP contribution in [-0.2, 0) is 9.47 Å². The second kappa shape index (κ2) is 6.69. The van der Waals surface area contributed by atoms with Gasteiger partial charge < -0.3 is 18.8 Å². The molecule has 7 heteroatoms. The Balaban J connectivity index is 2.20. The lowest BCUT2D eigenvalue weighted by molar-refractivity contribution is 0.0601. The molecule has 1 unspecified atom stereocenters. The number of hydrogen-bond donors (Lipinski definition) is 0. The fourth-order valence-corrected chi connectivity index (χ4v) is 2.88. The first-order chi connectivity index (χ1) is 11.5. The number of benzene rings is 1. The summed E-state index contributed by atoms with van der Waals surface area (Å²) >= 11 is 0. The molecule has 3 rings (SSSR count). The van der Waals surface area contributed by atoms with Crippen molar-refractivity contribution in [2.24, 2.45) is 0 Å². The SMILES string of the molecule is BC(C)c1cc(C(=O)OC)cc2c(=O)cc(N3CCOCC3)oc12. The summed E-state index contributed by atoms with van der Waals surface area (Å²) in [6, 6.07) is 4.77. The van der Waals surface area contributed by atoms with Crippen molar-refractivity contribution in [2.45, 2.75) is 12.7 Å². The first-order valence-corrected chi connectivity index (χ1v) is 8.04. The molecule has 1 fully saturated rings. The van der Waals surface area contributed by atoms with Crippen LogP contribution in [0.2, 0.25) is 0 Å². The Morgan fingerprint density at radius 2 is 2.00 bits per heavy atom. The van der Waals surface area contributed by atoms with Crippen molar-refractivity contribution in [1.29, 1.82) is 0 Å². The third-order valence-electron chi connectivity index (χ3n) is 4.21. The Labute approximate surface area is 140 Å². The van der Waals surface area contributed by atoms with E-state index in [4.69, 9.17) is 13.9 Å². The summed E-state index contributed by atoms with van der Waals surface area (Å²) in [6.45, 7) is 4.59. The van der Waals surface area contributed by atoms with Crippen LogP contribution in [0.1, 0.15) is 28.7 Å². The van der Waals surface area contributed by atoms with E-state index in [0.29, 0.717) is 48.7 Å². The Kier molecular flexibility index (Phi) is 4.62. The van der Waals surface area contributed by atoms with E-state index in [-0.39, 0.29) is 11.2 Å². The molecule has 1 aliphatic heterocycles. The molecule has 0 radical (unpaired) electrons. The van der Waals surface area contributed by atoms with Gasteiger partial charge in [0.05, 0.1) is 31.3 Å². The van der Waals surface area contributed by atoms with Crippen LogP contribution in [0.3, 0.4) is 0 Å². The molecule has 0 spiro atoms. The lowest BCUT2D eigenvalue weighted by Gasteiger charge is -2.27. The molecular weight excluding hydrogens is 309 g/mol. The van der Waals surface area contributed by atoms with Gasteiger partial charge in [0.1, 0.15) is 13.4 Å². The van der Waals surface area contributed by atoms with Crippen molar-refractivity contribution in [3.05, 3.63) is 39.5 Å². The van der Waals surface area contributed by atoms with Gasteiger partial charge in [-0.1, -0.05) is 6.92 Å². The molecule has 0 aliphatic carbocycles. The van der Waals surface area contributed by atoms with E-state index < -0.39 is 5.97 Å². The lowest BCUT2D eigenvalue weighted by Crippen LogP contribution is -2.36. The zero-order chi connectivity index (χ0) is 17.3. The number of hydrogen-bond acceptors (Lipinski definition) is 6. The maximum absolute atomic E-state index is 12.6. The van der Waals surface area contributed by atoms with Crippen molar-refractivity contribution < 1.29 is 18.7 Å². The number of anilines is 1. The minimum absolute atomic E-state index is 0.0974. The molecule has 1 aliphatic rings. The van der Waals surface area contributed by atoms with Crippen LogP contribution in [0.4, 0.5) is 5.88 Å². The molecule has 1 saturated heterocycles. The van der Waals surface area contributed by atoms with E-state index >= 15 is 0 Å². The Morgan fingerprint density at radius 3 is 2.62 bits per heavy atom. The summed E-state index contributed by atoms with van der Waals surface area (Å²) in [5.41, 5.74) is 1.55. The predicted octanol–water partition coefficient (Wildman–Crippen LogP) is 1.11. The van der Waals surface area contributed by atoms with Crippen molar-refractivity contribution in [3.8, 4) is 0 Å². The Bertz CT molecular complexity index is 824. The second-order valence-corrected chi connectivity index (χ2v) is 6.14. The van der Waals surface area contributed by atoms with E-state index in [0.717, 1.165) is 5.56 Å². The number of methoxy groups -OCH3 is 1. The van der Waals surface area contributed by atoms with Gasteiger partial charge >= 0.3 is 5.97 Å². The fraction of sp³-hybridized carbons (Fsp3) is 0.412. The van der Waals surface area contributed by atoms with Crippen LogP contribution < -0.4 is 10.3 Å². The highest BCUT2D eigenvalue weighted by molar-refractivity contribution is 6.13. The number of ether oxygens (including phenoxy) is 2. The Hall–Kier alpha value is -2.28. The van der Waals surface area contributed by atoms with Gasteiger partial charge in [-0.2, -0.15) is 0 Å². The number of fused-ring (bicyclic) bond motifs is 1. The molecule has 1 aromatic heterocycles. The molecule has 1 aromatic carbocycles. The smallest absolute Gasteiger partial charge is 0.337 e. The highest BCUT2D eigenvalue weighted by atomic mass is 16.5. The van der Waals surface area contributed by atoms with Crippen LogP contribution in [0.5, 0.6) is 0 Å². The van der Waals surface area contributed by atoms with Crippen LogP contribution in [0.25, 0.3) is 11.0 Å². The van der Waals surface area contributed by atoms with Crippen molar-refractivity contribution in [2.75, 3.05) is 38.3 Å². The molecule has 2 heterocycles. The van der Waals surface area contributed by atoms with Crippen LogP contribution in [-0.4, -0.2) is 47.2 Å². The molecule has 126 valence electrons. The number of morpholine rings is 1. The lowest BCUT2D eigenvalue weighted by atomic mass is 9.81. The maximum Gasteiger partial charge on any atom is 0.337 e. The fourth-order valence-electron chi connectivity index (χ4n) is 2.88. The monoisotopic (exact) mass is 329 g/mol. The van der Waals surface area contributed by atoms with Gasteiger partial charge in [-0.05, 0) is 23.5 Å². The molecule has 6 nitrogen and oxygen atoms in total. The minimum atomic E-state index is -0.463. The van der Waals surface area contributed by atoms with Gasteiger partial charge in [0.15, 0.2) is 11.3 Å². The number of rotatable bonds is 3. The number of carbonyl (C=O) groups excluding carboxylic acids is 1. The van der Waals surface area contributed by atoms with Crippen molar-refractivity contribution in [1.82, 2.24) is 0 Å². The van der Waals surface area contributed by atoms with Gasteiger partial charge in [-0.25, -0.2) is 4.79 Å². The molecule has 0 bridgehead atoms. The van der Waals surface area contributed by atoms with Crippen LogP contribution in [0.15, 0.2) is 27.4 Å². The van der Waals surface area contributed by atoms with E-state index in [1.165, 1.54) is 13.2 Å². The molecule has 0 N–H and O–H groups in total. The van der Waals surface area contributed by atoms with Crippen molar-refractivity contribution >= 4 is 30.7 Å². The zero-order valence-electron chi connectivity index (χ0n) is 14.1. The van der Waals surface area contributed by atoms with Crippen LogP contribution >= 0.6 is 0 Å². The standard InChI is InChI=1S/C17H20BNO5/c1-10(18)12-7-11(17(21)22-2)8-13-14(20)9-15(24-16(12)13)19-3-5-23-6-4-19/h7-10H,3-6,18H2,1-2H3. The normalized spacial score (nSPS) is 16.2. The zero-order valence-corrected chi connectivity index (χ0v) is 14.1. The summed E-state index contributed by atoms with van der Waals surface area (Å²) in [5, 5.41) is 0.401. The third kappa shape index (κ3) is 3.04. The molecule has 0 amide bonds. The molecule has 2 aromatic rings. The second-order valence-electron chi connectivity index (χ2n) is 6.14. The number of nitrogens with zero attached hydrogens (tertiary/aromatic N) is 1. The summed E-state index contributed by atoms with van der Waals surface area (Å²) in [4.78, 5) is 26.5. The first kappa shape index (κ1) is 16.6. The quantitative estimate of drug-likeness (QED) is 0.621. The average molecular weight is 329 g/mol. The van der Waals surface area contributed by atoms with E-state index in [1.807, 2.05) is 19.7 Å². The van der Waals surface area contributed by atoms with E-state index in [1.54, 1.807) is 12.1 Å². The average Bonchev–Trinajstić information content (AvgIpc) is 2.60. The van der Waals surface area contributed by atoms with Gasteiger partial charge in [-0.15, -0.1) is 0 Å². The summed E-state index contributed by atoms with van der Waals surface area (Å²) < 4.78 is 16.2. The largest absolute Gasteiger partial charge is 0.465 e. The van der Waals surface area contributed by atoms with Gasteiger partial charge in [0, 0.05) is 19.2 Å². The maximum atomic E-state index is 12.6.